The van der Waals surface area contributed by atoms with Crippen molar-refractivity contribution in [3.63, 3.8) is 0 Å². The largest absolute Gasteiger partial charge is 0.597 e. The van der Waals surface area contributed by atoms with Gasteiger partial charge in [0.1, 0.15) is 0 Å². The summed E-state index contributed by atoms with van der Waals surface area (Å²) >= 11 is 0. The Labute approximate surface area is 82.5 Å². The summed E-state index contributed by atoms with van der Waals surface area (Å²) in [5.41, 5.74) is 0.395. The summed E-state index contributed by atoms with van der Waals surface area (Å²) in [4.78, 5) is 3.35. The van der Waals surface area contributed by atoms with Gasteiger partial charge in [-0.05, 0) is 0 Å². The SMILES string of the molecule is [CH-]=NC(=[CH-])C(C)(C)C.[Y]. The molecule has 49 valence electrons. The van der Waals surface area contributed by atoms with Crippen LogP contribution in [-0.4, -0.2) is 6.72 Å². The fourth-order valence-electron chi connectivity index (χ4n) is 0.194. The van der Waals surface area contributed by atoms with Crippen molar-refractivity contribution in [2.75, 3.05) is 0 Å². The van der Waals surface area contributed by atoms with Crippen LogP contribution in [-0.2, 0) is 32.7 Å². The molecule has 1 nitrogen and oxygen atoms in total. The Morgan fingerprint density at radius 1 is 1.33 bits per heavy atom. The number of nitrogens with zero attached hydrogens (tertiary/aromatic N) is 1. The van der Waals surface area contributed by atoms with Crippen LogP contribution in [0.15, 0.2) is 10.7 Å². The van der Waals surface area contributed by atoms with Gasteiger partial charge in [-0.25, -0.2) is 0 Å². The molecule has 2 heteroatoms. The molecule has 0 spiro atoms. The molecule has 0 aliphatic rings. The second-order valence-electron chi connectivity index (χ2n) is 2.76. The Hall–Kier alpha value is 0.514. The summed E-state index contributed by atoms with van der Waals surface area (Å²) in [5.74, 6) is 0. The van der Waals surface area contributed by atoms with Crippen LogP contribution in [0.1, 0.15) is 20.8 Å². The van der Waals surface area contributed by atoms with Gasteiger partial charge in [0, 0.05) is 32.7 Å². The van der Waals surface area contributed by atoms with Gasteiger partial charge >= 0.3 is 0 Å². The number of hydrogen-bond acceptors (Lipinski definition) is 1. The topological polar surface area (TPSA) is 12.4 Å². The molecule has 0 rings (SSSR count). The minimum absolute atomic E-state index is 0. The monoisotopic (exact) mass is 198 g/mol. The molecule has 0 aromatic heterocycles. The first-order chi connectivity index (χ1) is 3.48. The third-order valence-electron chi connectivity index (χ3n) is 0.908. The fraction of sp³-hybridized carbons (Fsp3) is 0.571. The Morgan fingerprint density at radius 2 is 1.67 bits per heavy atom. The van der Waals surface area contributed by atoms with Crippen LogP contribution in [0, 0.1) is 12.0 Å². The quantitative estimate of drug-likeness (QED) is 0.451. The molecule has 0 aliphatic heterocycles. The van der Waals surface area contributed by atoms with Gasteiger partial charge < -0.3 is 11.6 Å². The fourth-order valence-corrected chi connectivity index (χ4v) is 0.194. The van der Waals surface area contributed by atoms with Crippen LogP contribution in [0.4, 0.5) is 0 Å². The molecule has 0 aliphatic carbocycles. The molecule has 0 atom stereocenters. The van der Waals surface area contributed by atoms with Crippen LogP contribution < -0.4 is 0 Å². The van der Waals surface area contributed by atoms with E-state index >= 15 is 0 Å². The maximum atomic E-state index is 5.38. The second kappa shape index (κ2) is 4.35. The first-order valence-electron chi connectivity index (χ1n) is 2.52. The molecule has 0 bridgehead atoms. The molecule has 0 aromatic rings. The molecule has 0 unspecified atom stereocenters. The molecule has 0 saturated heterocycles. The van der Waals surface area contributed by atoms with Crippen molar-refractivity contribution in [1.82, 2.24) is 0 Å². The standard InChI is InChI=1S/C7H11N.Y/c1-6(8-5)7(2,3)4;/h1,5H,2-4H3;/q-2;. The van der Waals surface area contributed by atoms with Crippen molar-refractivity contribution in [2.24, 2.45) is 10.4 Å². The summed E-state index contributed by atoms with van der Waals surface area (Å²) in [7, 11) is 0. The predicted octanol–water partition coefficient (Wildman–Crippen LogP) is 1.92. The summed E-state index contributed by atoms with van der Waals surface area (Å²) in [6.45, 7) is 16.2. The van der Waals surface area contributed by atoms with Gasteiger partial charge in [0.05, 0.1) is 0 Å². The first kappa shape index (κ1) is 12.2. The van der Waals surface area contributed by atoms with Crippen LogP contribution in [0.25, 0.3) is 0 Å². The van der Waals surface area contributed by atoms with Crippen LogP contribution in [0.2, 0.25) is 0 Å². The molecule has 9 heavy (non-hydrogen) atoms. The van der Waals surface area contributed by atoms with Gasteiger partial charge in [-0.3, -0.25) is 5.70 Å². The second-order valence-corrected chi connectivity index (χ2v) is 2.76. The zero-order valence-corrected chi connectivity index (χ0v) is 9.02. The Morgan fingerprint density at radius 3 is 1.67 bits per heavy atom. The first-order valence-corrected chi connectivity index (χ1v) is 2.52. The molecule has 1 radical (unpaired) electrons. The van der Waals surface area contributed by atoms with E-state index in [1.807, 2.05) is 20.8 Å². The molecule has 0 aromatic carbocycles. The molecule has 0 N–H and O–H groups in total. The number of rotatable bonds is 1. The Kier molecular flexibility index (Phi) is 5.90. The van der Waals surface area contributed by atoms with E-state index in [4.69, 9.17) is 13.3 Å². The smallest absolute Gasteiger partial charge is 0 e. The van der Waals surface area contributed by atoms with E-state index in [0.29, 0.717) is 5.70 Å². The zero-order chi connectivity index (χ0) is 6.78. The summed E-state index contributed by atoms with van der Waals surface area (Å²) in [6.07, 6.45) is 0. The molecule has 0 amide bonds. The summed E-state index contributed by atoms with van der Waals surface area (Å²) in [6, 6.07) is 0. The minimum Gasteiger partial charge on any atom is -0.597 e. The Balaban J connectivity index is 0. The predicted molar refractivity (Wildman–Crippen MR) is 35.8 cm³/mol. The maximum absolute atomic E-state index is 5.38. The minimum atomic E-state index is -0.0885. The molecular formula is C7H11NY-2. The molecule has 0 fully saturated rings. The average Bonchev–Trinajstić information content (AvgIpc) is 1.62. The van der Waals surface area contributed by atoms with Crippen molar-refractivity contribution in [3.8, 4) is 0 Å². The van der Waals surface area contributed by atoms with Crippen LogP contribution in [0.5, 0.6) is 0 Å². The normalized spacial score (nSPS) is 9.67. The molecule has 0 heterocycles. The van der Waals surface area contributed by atoms with Gasteiger partial charge in [0.25, 0.3) is 0 Å². The van der Waals surface area contributed by atoms with E-state index in [-0.39, 0.29) is 38.1 Å². The van der Waals surface area contributed by atoms with Crippen LogP contribution in [0.3, 0.4) is 0 Å². The number of hydrogen-bond donors (Lipinski definition) is 0. The van der Waals surface area contributed by atoms with Gasteiger partial charge in [-0.2, -0.15) is 6.72 Å². The van der Waals surface area contributed by atoms with Gasteiger partial charge in [0.2, 0.25) is 0 Å². The van der Waals surface area contributed by atoms with E-state index in [0.717, 1.165) is 0 Å². The number of allylic oxidation sites excluding steroid dienone is 1. The summed E-state index contributed by atoms with van der Waals surface area (Å²) < 4.78 is 0. The molecular weight excluding hydrogens is 187 g/mol. The van der Waals surface area contributed by atoms with Crippen molar-refractivity contribution < 1.29 is 32.7 Å². The zero-order valence-electron chi connectivity index (χ0n) is 6.18. The van der Waals surface area contributed by atoms with Gasteiger partial charge in [-0.15, -0.1) is 0 Å². The maximum Gasteiger partial charge on any atom is 0 e. The summed E-state index contributed by atoms with van der Waals surface area (Å²) in [5, 5.41) is 0. The van der Waals surface area contributed by atoms with E-state index in [1.165, 1.54) is 0 Å². The van der Waals surface area contributed by atoms with E-state index < -0.39 is 0 Å². The van der Waals surface area contributed by atoms with Crippen molar-refractivity contribution in [3.05, 3.63) is 12.3 Å². The third-order valence-corrected chi connectivity index (χ3v) is 0.908. The molecule has 0 saturated carbocycles. The van der Waals surface area contributed by atoms with Crippen molar-refractivity contribution >= 4 is 6.72 Å². The van der Waals surface area contributed by atoms with E-state index in [1.54, 1.807) is 0 Å². The van der Waals surface area contributed by atoms with Crippen molar-refractivity contribution in [2.45, 2.75) is 20.8 Å². The average molecular weight is 198 g/mol. The Bertz CT molecular complexity index is 111. The van der Waals surface area contributed by atoms with E-state index in [2.05, 4.69) is 4.99 Å². The van der Waals surface area contributed by atoms with Crippen molar-refractivity contribution in [1.29, 1.82) is 0 Å². The van der Waals surface area contributed by atoms with E-state index in [9.17, 15) is 0 Å². The third kappa shape index (κ3) is 4.98. The van der Waals surface area contributed by atoms with Gasteiger partial charge in [-0.1, -0.05) is 26.2 Å². The number of aliphatic imine (C=N–C) groups is 1. The van der Waals surface area contributed by atoms with Crippen LogP contribution >= 0.6 is 0 Å². The van der Waals surface area contributed by atoms with Gasteiger partial charge in [0.15, 0.2) is 0 Å².